The van der Waals surface area contributed by atoms with Crippen LogP contribution in [0, 0.1) is 5.92 Å². The summed E-state index contributed by atoms with van der Waals surface area (Å²) in [6.45, 7) is 1.42. The molecule has 1 fully saturated rings. The van der Waals surface area contributed by atoms with Crippen LogP contribution >= 0.6 is 23.1 Å². The lowest BCUT2D eigenvalue weighted by molar-refractivity contribution is -0.122. The normalized spacial score (nSPS) is 19.2. The summed E-state index contributed by atoms with van der Waals surface area (Å²) in [5.74, 6) is 1.02. The Morgan fingerprint density at radius 3 is 2.89 bits per heavy atom. The minimum atomic E-state index is -3.29. The number of aromatic nitrogens is 1. The van der Waals surface area contributed by atoms with Crippen molar-refractivity contribution in [2.45, 2.75) is 19.4 Å². The number of hydrogen-bond donors (Lipinski definition) is 0. The summed E-state index contributed by atoms with van der Waals surface area (Å²) in [6.07, 6.45) is 4.57. The van der Waals surface area contributed by atoms with E-state index in [-0.39, 0.29) is 12.5 Å². The van der Waals surface area contributed by atoms with Crippen LogP contribution in [-0.4, -0.2) is 61.7 Å². The number of piperidine rings is 1. The highest BCUT2D eigenvalue weighted by Gasteiger charge is 2.30. The summed E-state index contributed by atoms with van der Waals surface area (Å²) in [5.41, 5.74) is 0.992. The third-order valence-electron chi connectivity index (χ3n) is 4.82. The van der Waals surface area contributed by atoms with E-state index in [9.17, 15) is 13.2 Å². The van der Waals surface area contributed by atoms with E-state index in [0.717, 1.165) is 28.3 Å². The van der Waals surface area contributed by atoms with Crippen molar-refractivity contribution in [2.24, 2.45) is 10.9 Å². The van der Waals surface area contributed by atoms with Crippen LogP contribution in [0.25, 0.3) is 10.2 Å². The molecule has 10 heteroatoms. The van der Waals surface area contributed by atoms with Gasteiger partial charge in [0.1, 0.15) is 5.75 Å². The van der Waals surface area contributed by atoms with Gasteiger partial charge >= 0.3 is 0 Å². The van der Waals surface area contributed by atoms with Crippen molar-refractivity contribution < 1.29 is 17.9 Å². The van der Waals surface area contributed by atoms with Crippen molar-refractivity contribution in [3.63, 3.8) is 0 Å². The van der Waals surface area contributed by atoms with Crippen LogP contribution in [0.15, 0.2) is 23.2 Å². The average Bonchev–Trinajstić information content (AvgIpc) is 3.01. The second kappa shape index (κ2) is 8.98. The summed E-state index contributed by atoms with van der Waals surface area (Å²) in [7, 11) is -1.66. The molecule has 7 nitrogen and oxygen atoms in total. The summed E-state index contributed by atoms with van der Waals surface area (Å²) < 4.78 is 33.5. The average molecular weight is 444 g/mol. The molecule has 2 aromatic rings. The monoisotopic (exact) mass is 443 g/mol. The molecule has 1 aromatic heterocycles. The van der Waals surface area contributed by atoms with E-state index in [0.29, 0.717) is 24.2 Å². The molecule has 28 heavy (non-hydrogen) atoms. The largest absolute Gasteiger partial charge is 0.497 e. The molecular weight excluding hydrogens is 418 g/mol. The van der Waals surface area contributed by atoms with Crippen molar-refractivity contribution in [2.75, 3.05) is 38.5 Å². The summed E-state index contributed by atoms with van der Waals surface area (Å²) >= 11 is 3.20. The third-order valence-corrected chi connectivity index (χ3v) is 7.74. The molecule has 1 aromatic carbocycles. The molecule has 1 atom stereocenters. The van der Waals surface area contributed by atoms with Gasteiger partial charge in [-0.3, -0.25) is 4.79 Å². The molecular formula is C18H25N3O4S3. The third kappa shape index (κ3) is 4.79. The highest BCUT2D eigenvalue weighted by Crippen LogP contribution is 2.24. The fourth-order valence-corrected chi connectivity index (χ4v) is 5.61. The van der Waals surface area contributed by atoms with Crippen molar-refractivity contribution in [3.05, 3.63) is 23.0 Å². The molecule has 0 bridgehead atoms. The predicted octanol–water partition coefficient (Wildman–Crippen LogP) is 2.17. The van der Waals surface area contributed by atoms with Crippen LogP contribution in [0.5, 0.6) is 5.75 Å². The minimum Gasteiger partial charge on any atom is -0.497 e. The van der Waals surface area contributed by atoms with Gasteiger partial charge in [0, 0.05) is 31.5 Å². The minimum absolute atomic E-state index is 0.213. The summed E-state index contributed by atoms with van der Waals surface area (Å²) in [6, 6.07) is 5.83. The molecule has 0 unspecified atom stereocenters. The van der Waals surface area contributed by atoms with Gasteiger partial charge in [-0.2, -0.15) is 16.8 Å². The Labute approximate surface area is 173 Å². The van der Waals surface area contributed by atoms with Gasteiger partial charge in [0.2, 0.25) is 10.0 Å². The first-order valence-electron chi connectivity index (χ1n) is 9.03. The van der Waals surface area contributed by atoms with Gasteiger partial charge in [-0.05, 0) is 31.2 Å². The molecule has 1 aliphatic rings. The first-order chi connectivity index (χ1) is 13.3. The molecule has 0 radical (unpaired) electrons. The van der Waals surface area contributed by atoms with Gasteiger partial charge in [-0.15, -0.1) is 0 Å². The topological polar surface area (TPSA) is 81.0 Å². The number of carbonyl (C=O) groups is 1. The molecule has 0 N–H and O–H groups in total. The Bertz CT molecular complexity index is 1030. The number of benzene rings is 1. The maximum Gasteiger partial charge on any atom is 0.252 e. The van der Waals surface area contributed by atoms with Crippen molar-refractivity contribution in [3.8, 4) is 5.75 Å². The van der Waals surface area contributed by atoms with Crippen LogP contribution in [0.4, 0.5) is 0 Å². The molecule has 0 spiro atoms. The number of sulfonamides is 1. The van der Waals surface area contributed by atoms with Gasteiger partial charge in [0.15, 0.2) is 4.80 Å². The molecule has 0 aliphatic carbocycles. The first kappa shape index (κ1) is 21.4. The Balaban J connectivity index is 1.96. The second-order valence-corrected chi connectivity index (χ2v) is 10.8. The second-order valence-electron chi connectivity index (χ2n) is 6.77. The van der Waals surface area contributed by atoms with Gasteiger partial charge < -0.3 is 9.30 Å². The van der Waals surface area contributed by atoms with E-state index in [4.69, 9.17) is 4.74 Å². The zero-order chi connectivity index (χ0) is 20.3. The summed E-state index contributed by atoms with van der Waals surface area (Å²) in [5, 5.41) is 0. The zero-order valence-corrected chi connectivity index (χ0v) is 18.7. The number of thiazole rings is 1. The number of fused-ring (bicyclic) bond motifs is 1. The standard InChI is InChI=1S/C18H25N3O4S3/c1-25-14-6-7-16-15(11-14)21(9-10-26-2)18(27-16)19-17(22)13-5-4-8-20(12-13)28(3,23)24/h6-7,11,13H,4-5,8-10,12H2,1-3H3/t13-/m0/s1. The predicted molar refractivity (Wildman–Crippen MR) is 114 cm³/mol. The lowest BCUT2D eigenvalue weighted by atomic mass is 9.99. The van der Waals surface area contributed by atoms with Gasteiger partial charge in [-0.25, -0.2) is 12.7 Å². The van der Waals surface area contributed by atoms with Crippen molar-refractivity contribution in [1.82, 2.24) is 8.87 Å². The molecule has 2 heterocycles. The number of nitrogens with zero attached hydrogens (tertiary/aromatic N) is 3. The lowest BCUT2D eigenvalue weighted by Crippen LogP contribution is -2.41. The molecule has 3 rings (SSSR count). The Morgan fingerprint density at radius 2 is 2.21 bits per heavy atom. The van der Waals surface area contributed by atoms with Crippen LogP contribution < -0.4 is 9.54 Å². The zero-order valence-electron chi connectivity index (χ0n) is 16.3. The van der Waals surface area contributed by atoms with E-state index in [2.05, 4.69) is 4.99 Å². The fourth-order valence-electron chi connectivity index (χ4n) is 3.29. The molecule has 1 amide bonds. The van der Waals surface area contributed by atoms with Crippen LogP contribution in [0.3, 0.4) is 0 Å². The number of amides is 1. The molecule has 154 valence electrons. The number of methoxy groups -OCH3 is 1. The quantitative estimate of drug-likeness (QED) is 0.684. The van der Waals surface area contributed by atoms with E-state index in [1.54, 1.807) is 18.9 Å². The smallest absolute Gasteiger partial charge is 0.252 e. The van der Waals surface area contributed by atoms with Crippen molar-refractivity contribution >= 4 is 49.2 Å². The Hall–Kier alpha value is -1.36. The van der Waals surface area contributed by atoms with Crippen molar-refractivity contribution in [1.29, 1.82) is 0 Å². The number of hydrogen-bond acceptors (Lipinski definition) is 6. The number of ether oxygens (including phenoxy) is 1. The summed E-state index contributed by atoms with van der Waals surface area (Å²) in [4.78, 5) is 17.9. The van der Waals surface area contributed by atoms with E-state index < -0.39 is 15.9 Å². The lowest BCUT2D eigenvalue weighted by Gasteiger charge is -2.28. The molecule has 1 aliphatic heterocycles. The van der Waals surface area contributed by atoms with Gasteiger partial charge in [-0.1, -0.05) is 11.3 Å². The number of aryl methyl sites for hydroxylation is 1. The van der Waals surface area contributed by atoms with E-state index in [1.165, 1.54) is 21.9 Å². The fraction of sp³-hybridized carbons (Fsp3) is 0.556. The Kier molecular flexibility index (Phi) is 6.85. The number of carbonyl (C=O) groups excluding carboxylic acids is 1. The maximum atomic E-state index is 12.8. The van der Waals surface area contributed by atoms with Crippen LogP contribution in [-0.2, 0) is 21.4 Å². The van der Waals surface area contributed by atoms with E-state index in [1.807, 2.05) is 29.0 Å². The van der Waals surface area contributed by atoms with E-state index >= 15 is 0 Å². The maximum absolute atomic E-state index is 12.8. The number of thioether (sulfide) groups is 1. The highest BCUT2D eigenvalue weighted by molar-refractivity contribution is 7.98. The molecule has 1 saturated heterocycles. The molecule has 0 saturated carbocycles. The van der Waals surface area contributed by atoms with Gasteiger partial charge in [0.25, 0.3) is 5.91 Å². The first-order valence-corrected chi connectivity index (χ1v) is 13.1. The highest BCUT2D eigenvalue weighted by atomic mass is 32.2. The Morgan fingerprint density at radius 1 is 1.43 bits per heavy atom. The van der Waals surface area contributed by atoms with Crippen LogP contribution in [0.1, 0.15) is 12.8 Å². The SMILES string of the molecule is COc1ccc2sc(=NC(=O)[C@H]3CCCN(S(C)(=O)=O)C3)n(CCSC)c2c1. The number of rotatable bonds is 6. The van der Waals surface area contributed by atoms with Crippen LogP contribution in [0.2, 0.25) is 0 Å². The van der Waals surface area contributed by atoms with Gasteiger partial charge in [0.05, 0.1) is 29.5 Å².